The lowest BCUT2D eigenvalue weighted by Crippen LogP contribution is -2.31. The van der Waals surface area contributed by atoms with E-state index >= 15 is 0 Å². The van der Waals surface area contributed by atoms with Crippen molar-refractivity contribution < 1.29 is 9.53 Å². The average Bonchev–Trinajstić information content (AvgIpc) is 2.81. The molecule has 1 atom stereocenters. The number of carbonyl (C=O) groups excluding carboxylic acids is 1. The van der Waals surface area contributed by atoms with Crippen LogP contribution >= 0.6 is 0 Å². The van der Waals surface area contributed by atoms with Gasteiger partial charge in [-0.2, -0.15) is 5.10 Å². The van der Waals surface area contributed by atoms with E-state index in [-0.39, 0.29) is 17.6 Å². The molecule has 6 heteroatoms. The number of aryl methyl sites for hydroxylation is 1. The molecule has 0 saturated carbocycles. The van der Waals surface area contributed by atoms with Gasteiger partial charge in [-0.05, 0) is 31.4 Å². The van der Waals surface area contributed by atoms with Crippen LogP contribution in [-0.2, 0) is 11.3 Å². The van der Waals surface area contributed by atoms with Crippen LogP contribution in [0.15, 0.2) is 59.4 Å². The molecule has 1 unspecified atom stereocenters. The summed E-state index contributed by atoms with van der Waals surface area (Å²) in [5.41, 5.74) is 1.28. The molecule has 0 aliphatic rings. The first-order valence-electron chi connectivity index (χ1n) is 11.1. The van der Waals surface area contributed by atoms with Crippen molar-refractivity contribution in [1.29, 1.82) is 0 Å². The Morgan fingerprint density at radius 1 is 1.03 bits per heavy atom. The van der Waals surface area contributed by atoms with Crippen LogP contribution in [0.3, 0.4) is 0 Å². The number of ether oxygens (including phenoxy) is 1. The highest BCUT2D eigenvalue weighted by molar-refractivity contribution is 6.04. The Morgan fingerprint density at radius 3 is 2.48 bits per heavy atom. The van der Waals surface area contributed by atoms with Gasteiger partial charge in [0.2, 0.25) is 0 Å². The molecule has 6 nitrogen and oxygen atoms in total. The van der Waals surface area contributed by atoms with Crippen LogP contribution in [-0.4, -0.2) is 28.8 Å². The first-order valence-corrected chi connectivity index (χ1v) is 11.1. The number of rotatable bonds is 11. The van der Waals surface area contributed by atoms with E-state index in [4.69, 9.17) is 4.74 Å². The van der Waals surface area contributed by atoms with Crippen molar-refractivity contribution in [2.75, 3.05) is 13.2 Å². The maximum atomic E-state index is 12.8. The molecule has 31 heavy (non-hydrogen) atoms. The Bertz CT molecular complexity index is 1050. The highest BCUT2D eigenvalue weighted by Gasteiger charge is 2.16. The fourth-order valence-electron chi connectivity index (χ4n) is 3.50. The lowest BCUT2D eigenvalue weighted by atomic mass is 10.1. The van der Waals surface area contributed by atoms with Crippen molar-refractivity contribution in [3.8, 4) is 0 Å². The van der Waals surface area contributed by atoms with E-state index in [1.165, 1.54) is 4.68 Å². The Hall–Kier alpha value is -2.99. The van der Waals surface area contributed by atoms with E-state index < -0.39 is 0 Å². The zero-order valence-electron chi connectivity index (χ0n) is 18.3. The molecular formula is C25H31N3O3. The highest BCUT2D eigenvalue weighted by atomic mass is 16.5. The van der Waals surface area contributed by atoms with Gasteiger partial charge < -0.3 is 10.1 Å². The third-order valence-corrected chi connectivity index (χ3v) is 5.30. The van der Waals surface area contributed by atoms with E-state index in [2.05, 4.69) is 17.3 Å². The third kappa shape index (κ3) is 6.01. The van der Waals surface area contributed by atoms with Crippen molar-refractivity contribution in [3.63, 3.8) is 0 Å². The summed E-state index contributed by atoms with van der Waals surface area (Å²) in [6.07, 6.45) is 3.63. The first kappa shape index (κ1) is 22.7. The Morgan fingerprint density at radius 2 is 1.74 bits per heavy atom. The maximum Gasteiger partial charge on any atom is 0.274 e. The van der Waals surface area contributed by atoms with E-state index in [1.54, 1.807) is 12.1 Å². The summed E-state index contributed by atoms with van der Waals surface area (Å²) in [5, 5.41) is 8.44. The molecule has 0 spiro atoms. The van der Waals surface area contributed by atoms with E-state index in [0.717, 1.165) is 24.8 Å². The molecular weight excluding hydrogens is 390 g/mol. The van der Waals surface area contributed by atoms with Crippen LogP contribution in [0.4, 0.5) is 0 Å². The Balaban J connectivity index is 1.61. The van der Waals surface area contributed by atoms with Crippen LogP contribution < -0.4 is 10.9 Å². The van der Waals surface area contributed by atoms with Crippen LogP contribution in [0.25, 0.3) is 10.8 Å². The zero-order valence-corrected chi connectivity index (χ0v) is 18.3. The summed E-state index contributed by atoms with van der Waals surface area (Å²) in [5.74, 6) is -0.267. The van der Waals surface area contributed by atoms with Gasteiger partial charge in [0.15, 0.2) is 5.69 Å². The normalized spacial score (nSPS) is 12.1. The number of unbranched alkanes of at least 4 members (excludes halogenated alkanes) is 2. The van der Waals surface area contributed by atoms with Gasteiger partial charge in [-0.3, -0.25) is 9.59 Å². The number of carbonyl (C=O) groups is 1. The monoisotopic (exact) mass is 421 g/mol. The molecule has 0 aliphatic carbocycles. The standard InChI is InChI=1S/C25H31N3O3/c1-3-4-10-17-28-25(30)22-15-9-8-14-21(22)23(27-28)24(29)26-16-11-18-31-19(2)20-12-6-5-7-13-20/h5-9,12-15,19H,3-4,10-11,16-18H2,1-2H3,(H,26,29). The molecule has 0 bridgehead atoms. The van der Waals surface area contributed by atoms with Gasteiger partial charge >= 0.3 is 0 Å². The fraction of sp³-hybridized carbons (Fsp3) is 0.400. The van der Waals surface area contributed by atoms with E-state index in [0.29, 0.717) is 42.6 Å². The predicted octanol–water partition coefficient (Wildman–Crippen LogP) is 4.48. The first-order chi connectivity index (χ1) is 15.1. The van der Waals surface area contributed by atoms with Crippen LogP contribution in [0, 0.1) is 0 Å². The van der Waals surface area contributed by atoms with Gasteiger partial charge in [-0.15, -0.1) is 0 Å². The molecule has 1 amide bonds. The summed E-state index contributed by atoms with van der Waals surface area (Å²) in [4.78, 5) is 25.6. The van der Waals surface area contributed by atoms with Crippen LogP contribution in [0.1, 0.15) is 61.7 Å². The number of nitrogens with one attached hydrogen (secondary N) is 1. The summed E-state index contributed by atoms with van der Waals surface area (Å²) in [6.45, 7) is 5.67. The smallest absolute Gasteiger partial charge is 0.274 e. The van der Waals surface area contributed by atoms with Gasteiger partial charge in [0, 0.05) is 25.1 Å². The van der Waals surface area contributed by atoms with Crippen LogP contribution in [0.5, 0.6) is 0 Å². The summed E-state index contributed by atoms with van der Waals surface area (Å²) < 4.78 is 7.29. The lowest BCUT2D eigenvalue weighted by molar-refractivity contribution is 0.0634. The zero-order chi connectivity index (χ0) is 22.1. The van der Waals surface area contributed by atoms with Crippen molar-refractivity contribution >= 4 is 16.7 Å². The molecule has 1 aromatic heterocycles. The number of hydrogen-bond acceptors (Lipinski definition) is 4. The summed E-state index contributed by atoms with van der Waals surface area (Å²) in [6, 6.07) is 17.2. The van der Waals surface area contributed by atoms with Gasteiger partial charge in [0.25, 0.3) is 11.5 Å². The quantitative estimate of drug-likeness (QED) is 0.463. The molecule has 3 aromatic rings. The SMILES string of the molecule is CCCCCn1nc(C(=O)NCCCOC(C)c2ccccc2)c2ccccc2c1=O. The molecule has 2 aromatic carbocycles. The number of amides is 1. The third-order valence-electron chi connectivity index (χ3n) is 5.30. The van der Waals surface area contributed by atoms with Crippen molar-refractivity contribution in [1.82, 2.24) is 15.1 Å². The number of aromatic nitrogens is 2. The fourth-order valence-corrected chi connectivity index (χ4v) is 3.50. The van der Waals surface area contributed by atoms with Crippen molar-refractivity contribution in [3.05, 3.63) is 76.2 Å². The number of benzene rings is 2. The van der Waals surface area contributed by atoms with Crippen LogP contribution in [0.2, 0.25) is 0 Å². The minimum Gasteiger partial charge on any atom is -0.374 e. The largest absolute Gasteiger partial charge is 0.374 e. The molecule has 0 fully saturated rings. The molecule has 1 N–H and O–H groups in total. The second-order valence-electron chi connectivity index (χ2n) is 7.66. The second-order valence-corrected chi connectivity index (χ2v) is 7.66. The highest BCUT2D eigenvalue weighted by Crippen LogP contribution is 2.16. The van der Waals surface area contributed by atoms with Gasteiger partial charge in [-0.25, -0.2) is 4.68 Å². The van der Waals surface area contributed by atoms with Gasteiger partial charge in [0.05, 0.1) is 11.5 Å². The minimum absolute atomic E-state index is 0.00851. The van der Waals surface area contributed by atoms with Crippen molar-refractivity contribution in [2.45, 2.75) is 52.2 Å². The molecule has 164 valence electrons. The molecule has 0 radical (unpaired) electrons. The summed E-state index contributed by atoms with van der Waals surface area (Å²) >= 11 is 0. The van der Waals surface area contributed by atoms with Gasteiger partial charge in [-0.1, -0.05) is 68.3 Å². The molecule has 1 heterocycles. The average molecular weight is 422 g/mol. The predicted molar refractivity (Wildman–Crippen MR) is 123 cm³/mol. The molecule has 0 saturated heterocycles. The summed E-state index contributed by atoms with van der Waals surface area (Å²) in [7, 11) is 0. The van der Waals surface area contributed by atoms with E-state index in [1.807, 2.05) is 49.4 Å². The number of nitrogens with zero attached hydrogens (tertiary/aromatic N) is 2. The lowest BCUT2D eigenvalue weighted by Gasteiger charge is -2.14. The van der Waals surface area contributed by atoms with Gasteiger partial charge in [0.1, 0.15) is 0 Å². The number of hydrogen-bond donors (Lipinski definition) is 1. The second kappa shape index (κ2) is 11.4. The Labute approximate surface area is 183 Å². The topological polar surface area (TPSA) is 73.2 Å². The Kier molecular flexibility index (Phi) is 8.35. The minimum atomic E-state index is -0.267. The molecule has 3 rings (SSSR count). The maximum absolute atomic E-state index is 12.8. The van der Waals surface area contributed by atoms with Crippen molar-refractivity contribution in [2.24, 2.45) is 0 Å². The molecule has 0 aliphatic heterocycles. The van der Waals surface area contributed by atoms with E-state index in [9.17, 15) is 9.59 Å². The number of fused-ring (bicyclic) bond motifs is 1.